The Morgan fingerprint density at radius 2 is 1.72 bits per heavy atom. The number of nitrogens with zero attached hydrogens (tertiary/aromatic N) is 1. The third-order valence-corrected chi connectivity index (χ3v) is 3.87. The fraction of sp³-hybridized carbons (Fsp3) is 0.533. The number of Topliss-reactive ketones (excluding diaryl/α,β-unsaturated/α-hetero) is 1. The van der Waals surface area contributed by atoms with Crippen LogP contribution in [0.2, 0.25) is 5.02 Å². The number of anilines is 1. The van der Waals surface area contributed by atoms with Crippen molar-refractivity contribution < 1.29 is 4.79 Å². The van der Waals surface area contributed by atoms with Crippen molar-refractivity contribution >= 4 is 23.1 Å². The van der Waals surface area contributed by atoms with E-state index in [4.69, 9.17) is 11.6 Å². The normalized spacial score (nSPS) is 17.1. The standard InChI is InChI=1S/C15H20ClNO/c1-12(18)14-8-7-13(11-15(14)16)17-9-5-3-2-4-6-10-17/h7-8,11H,2-6,9-10H2,1H3. The van der Waals surface area contributed by atoms with Crippen LogP contribution in [0.4, 0.5) is 5.69 Å². The van der Waals surface area contributed by atoms with Gasteiger partial charge in [-0.3, -0.25) is 4.79 Å². The Morgan fingerprint density at radius 1 is 1.11 bits per heavy atom. The largest absolute Gasteiger partial charge is 0.371 e. The molecule has 1 heterocycles. The van der Waals surface area contributed by atoms with Crippen LogP contribution in [-0.4, -0.2) is 18.9 Å². The molecule has 1 aliphatic heterocycles. The van der Waals surface area contributed by atoms with Crippen LogP contribution in [-0.2, 0) is 0 Å². The third-order valence-electron chi connectivity index (χ3n) is 3.55. The van der Waals surface area contributed by atoms with E-state index in [0.717, 1.165) is 18.8 Å². The SMILES string of the molecule is CC(=O)c1ccc(N2CCCCCCC2)cc1Cl. The van der Waals surface area contributed by atoms with Crippen LogP contribution in [0.5, 0.6) is 0 Å². The molecule has 0 bridgehead atoms. The van der Waals surface area contributed by atoms with Gasteiger partial charge >= 0.3 is 0 Å². The fourth-order valence-electron chi connectivity index (χ4n) is 2.49. The number of ketones is 1. The first-order chi connectivity index (χ1) is 8.68. The Kier molecular flexibility index (Phi) is 4.65. The second-order valence-electron chi connectivity index (χ2n) is 4.98. The highest BCUT2D eigenvalue weighted by atomic mass is 35.5. The minimum Gasteiger partial charge on any atom is -0.371 e. The molecule has 1 saturated heterocycles. The molecule has 1 aliphatic rings. The number of halogens is 1. The van der Waals surface area contributed by atoms with Crippen molar-refractivity contribution in [3.63, 3.8) is 0 Å². The summed E-state index contributed by atoms with van der Waals surface area (Å²) in [5.74, 6) is 0.0271. The zero-order valence-electron chi connectivity index (χ0n) is 10.9. The van der Waals surface area contributed by atoms with E-state index in [2.05, 4.69) is 4.90 Å². The Hall–Kier alpha value is -1.02. The van der Waals surface area contributed by atoms with E-state index < -0.39 is 0 Å². The summed E-state index contributed by atoms with van der Waals surface area (Å²) in [6, 6.07) is 5.79. The summed E-state index contributed by atoms with van der Waals surface area (Å²) < 4.78 is 0. The molecule has 2 rings (SSSR count). The number of hydrogen-bond donors (Lipinski definition) is 0. The van der Waals surface area contributed by atoms with E-state index in [9.17, 15) is 4.79 Å². The summed E-state index contributed by atoms with van der Waals surface area (Å²) in [6.45, 7) is 3.74. The smallest absolute Gasteiger partial charge is 0.161 e. The van der Waals surface area contributed by atoms with Crippen LogP contribution in [0, 0.1) is 0 Å². The van der Waals surface area contributed by atoms with Gasteiger partial charge in [0.25, 0.3) is 0 Å². The minimum atomic E-state index is 0.0271. The topological polar surface area (TPSA) is 20.3 Å². The molecule has 0 N–H and O–H groups in total. The molecule has 1 fully saturated rings. The second-order valence-corrected chi connectivity index (χ2v) is 5.38. The van der Waals surface area contributed by atoms with E-state index in [-0.39, 0.29) is 5.78 Å². The molecule has 0 saturated carbocycles. The zero-order valence-corrected chi connectivity index (χ0v) is 11.7. The molecule has 18 heavy (non-hydrogen) atoms. The van der Waals surface area contributed by atoms with Crippen molar-refractivity contribution in [3.8, 4) is 0 Å². The maximum atomic E-state index is 11.4. The summed E-state index contributed by atoms with van der Waals surface area (Å²) in [5, 5.41) is 0.571. The van der Waals surface area contributed by atoms with Crippen LogP contribution in [0.3, 0.4) is 0 Å². The van der Waals surface area contributed by atoms with Crippen LogP contribution in [0.1, 0.15) is 49.4 Å². The first kappa shape index (κ1) is 13.4. The Labute approximate surface area is 114 Å². The predicted octanol–water partition coefficient (Wildman–Crippen LogP) is 4.31. The number of benzene rings is 1. The van der Waals surface area contributed by atoms with Gasteiger partial charge in [0.05, 0.1) is 5.02 Å². The lowest BCUT2D eigenvalue weighted by molar-refractivity contribution is 0.101. The zero-order chi connectivity index (χ0) is 13.0. The van der Waals surface area contributed by atoms with Crippen LogP contribution in [0.15, 0.2) is 18.2 Å². The minimum absolute atomic E-state index is 0.0271. The monoisotopic (exact) mass is 265 g/mol. The quantitative estimate of drug-likeness (QED) is 0.743. The lowest BCUT2D eigenvalue weighted by Crippen LogP contribution is -2.26. The van der Waals surface area contributed by atoms with Gasteiger partial charge < -0.3 is 4.90 Å². The van der Waals surface area contributed by atoms with Crippen LogP contribution >= 0.6 is 11.6 Å². The average Bonchev–Trinajstić information content (AvgIpc) is 2.27. The van der Waals surface area contributed by atoms with Gasteiger partial charge in [0.1, 0.15) is 0 Å². The molecule has 0 aromatic heterocycles. The lowest BCUT2D eigenvalue weighted by Gasteiger charge is -2.27. The third kappa shape index (κ3) is 3.26. The van der Waals surface area contributed by atoms with Crippen LogP contribution < -0.4 is 4.90 Å². The van der Waals surface area contributed by atoms with E-state index in [1.54, 1.807) is 6.92 Å². The summed E-state index contributed by atoms with van der Waals surface area (Å²) in [6.07, 6.45) is 6.47. The molecule has 0 amide bonds. The number of rotatable bonds is 2. The van der Waals surface area contributed by atoms with Gasteiger partial charge in [-0.2, -0.15) is 0 Å². The molecule has 0 spiro atoms. The molecule has 98 valence electrons. The van der Waals surface area contributed by atoms with Crippen molar-refractivity contribution in [3.05, 3.63) is 28.8 Å². The maximum Gasteiger partial charge on any atom is 0.161 e. The molecule has 0 aliphatic carbocycles. The Morgan fingerprint density at radius 3 is 2.28 bits per heavy atom. The predicted molar refractivity (Wildman–Crippen MR) is 76.8 cm³/mol. The van der Waals surface area contributed by atoms with Crippen molar-refractivity contribution in [2.75, 3.05) is 18.0 Å². The highest BCUT2D eigenvalue weighted by molar-refractivity contribution is 6.34. The Balaban J connectivity index is 2.16. The fourth-order valence-corrected chi connectivity index (χ4v) is 2.80. The molecular formula is C15H20ClNO. The van der Waals surface area contributed by atoms with Gasteiger partial charge in [-0.25, -0.2) is 0 Å². The van der Waals surface area contributed by atoms with E-state index in [1.807, 2.05) is 18.2 Å². The van der Waals surface area contributed by atoms with Gasteiger partial charge in [0, 0.05) is 24.3 Å². The summed E-state index contributed by atoms with van der Waals surface area (Å²) >= 11 is 6.17. The average molecular weight is 266 g/mol. The van der Waals surface area contributed by atoms with Crippen molar-refractivity contribution in [2.24, 2.45) is 0 Å². The van der Waals surface area contributed by atoms with Gasteiger partial charge in [-0.1, -0.05) is 30.9 Å². The molecule has 0 unspecified atom stereocenters. The maximum absolute atomic E-state index is 11.4. The van der Waals surface area contributed by atoms with Gasteiger partial charge in [0.15, 0.2) is 5.78 Å². The first-order valence-electron chi connectivity index (χ1n) is 6.74. The number of carbonyl (C=O) groups is 1. The molecule has 2 nitrogen and oxygen atoms in total. The van der Waals surface area contributed by atoms with Gasteiger partial charge in [-0.15, -0.1) is 0 Å². The van der Waals surface area contributed by atoms with Gasteiger partial charge in [0.2, 0.25) is 0 Å². The molecule has 1 aromatic carbocycles. The number of carbonyl (C=O) groups excluding carboxylic acids is 1. The molecule has 3 heteroatoms. The Bertz CT molecular complexity index is 423. The summed E-state index contributed by atoms with van der Waals surface area (Å²) in [7, 11) is 0. The van der Waals surface area contributed by atoms with Crippen molar-refractivity contribution in [1.29, 1.82) is 0 Å². The second kappa shape index (κ2) is 6.24. The van der Waals surface area contributed by atoms with E-state index in [1.165, 1.54) is 32.1 Å². The molecule has 1 aromatic rings. The van der Waals surface area contributed by atoms with Crippen molar-refractivity contribution in [2.45, 2.75) is 39.0 Å². The van der Waals surface area contributed by atoms with E-state index >= 15 is 0 Å². The summed E-state index contributed by atoms with van der Waals surface area (Å²) in [5.41, 5.74) is 1.76. The molecule has 0 radical (unpaired) electrons. The van der Waals surface area contributed by atoms with Crippen molar-refractivity contribution in [1.82, 2.24) is 0 Å². The number of hydrogen-bond acceptors (Lipinski definition) is 2. The first-order valence-corrected chi connectivity index (χ1v) is 7.12. The van der Waals surface area contributed by atoms with Crippen LogP contribution in [0.25, 0.3) is 0 Å². The molecular weight excluding hydrogens is 246 g/mol. The van der Waals surface area contributed by atoms with E-state index in [0.29, 0.717) is 10.6 Å². The summed E-state index contributed by atoms with van der Waals surface area (Å²) in [4.78, 5) is 13.7. The highest BCUT2D eigenvalue weighted by Gasteiger charge is 2.12. The highest BCUT2D eigenvalue weighted by Crippen LogP contribution is 2.25. The lowest BCUT2D eigenvalue weighted by atomic mass is 10.1. The molecule has 0 atom stereocenters. The van der Waals surface area contributed by atoms with Gasteiger partial charge in [-0.05, 0) is 38.0 Å².